The van der Waals surface area contributed by atoms with Crippen molar-refractivity contribution in [1.29, 1.82) is 0 Å². The van der Waals surface area contributed by atoms with E-state index in [2.05, 4.69) is 40.5 Å². The number of aliphatic hydroxyl groups is 1. The Balaban J connectivity index is 1.39. The Morgan fingerprint density at radius 1 is 1.06 bits per heavy atom. The molecule has 4 aromatic rings. The lowest BCUT2D eigenvalue weighted by Gasteiger charge is -2.17. The van der Waals surface area contributed by atoms with E-state index in [0.717, 1.165) is 0 Å². The van der Waals surface area contributed by atoms with Gasteiger partial charge in [0.2, 0.25) is 5.95 Å². The fourth-order valence-corrected chi connectivity index (χ4v) is 3.71. The molecule has 12 heteroatoms. The van der Waals surface area contributed by atoms with E-state index in [4.69, 9.17) is 0 Å². The maximum absolute atomic E-state index is 12.4. The number of pyridine rings is 1. The van der Waals surface area contributed by atoms with Crippen molar-refractivity contribution in [2.24, 2.45) is 0 Å². The highest BCUT2D eigenvalue weighted by Gasteiger charge is 2.47. The van der Waals surface area contributed by atoms with Crippen LogP contribution in [0, 0.1) is 0 Å². The molecule has 0 spiro atoms. The van der Waals surface area contributed by atoms with Gasteiger partial charge in [0.15, 0.2) is 11.4 Å². The van der Waals surface area contributed by atoms with E-state index in [1.54, 1.807) is 43.8 Å². The minimum absolute atomic E-state index is 0.188. The standard InChI is InChI=1S/C22H22N10O2/c1-14(19-23-9-4-10-24-19)26-21-25-11-7-16(28-21)15-5-3-6-18(27-15)32-13-17(29-30-32)22(34)8-12-31(2)20(22)33/h3-7,9-11,13-14,34H,8,12H2,1-2H3,(H,25,26,28). The second kappa shape index (κ2) is 8.56. The van der Waals surface area contributed by atoms with Gasteiger partial charge in [0.25, 0.3) is 5.91 Å². The molecule has 5 rings (SSSR count). The summed E-state index contributed by atoms with van der Waals surface area (Å²) in [6.07, 6.45) is 6.79. The highest BCUT2D eigenvalue weighted by Crippen LogP contribution is 2.31. The summed E-state index contributed by atoms with van der Waals surface area (Å²) in [5.74, 6) is 1.13. The first kappa shape index (κ1) is 21.5. The Bertz CT molecular complexity index is 1330. The maximum Gasteiger partial charge on any atom is 0.260 e. The molecule has 12 nitrogen and oxygen atoms in total. The van der Waals surface area contributed by atoms with Gasteiger partial charge < -0.3 is 15.3 Å². The van der Waals surface area contributed by atoms with Gasteiger partial charge in [0, 0.05) is 38.6 Å². The number of carbonyl (C=O) groups excluding carboxylic acids is 1. The number of likely N-dealkylation sites (tertiary alicyclic amines) is 1. The molecule has 2 N–H and O–H groups in total. The topological polar surface area (TPSA) is 148 Å². The number of rotatable bonds is 6. The number of anilines is 1. The molecule has 0 aromatic carbocycles. The molecule has 1 aliphatic rings. The molecule has 4 aromatic heterocycles. The second-order valence-corrected chi connectivity index (χ2v) is 8.00. The van der Waals surface area contributed by atoms with E-state index >= 15 is 0 Å². The summed E-state index contributed by atoms with van der Waals surface area (Å²) in [5.41, 5.74) is -0.275. The minimum atomic E-state index is -1.67. The molecule has 0 radical (unpaired) electrons. The van der Waals surface area contributed by atoms with Gasteiger partial charge in [0.05, 0.1) is 23.6 Å². The van der Waals surface area contributed by atoms with Crippen LogP contribution >= 0.6 is 0 Å². The Kier molecular flexibility index (Phi) is 5.42. The first-order chi connectivity index (χ1) is 16.4. The summed E-state index contributed by atoms with van der Waals surface area (Å²) in [7, 11) is 1.65. The SMILES string of the molecule is CC(Nc1nccc(-c2cccc(-n3cc(C4(O)CCN(C)C4=O)nn3)n2)n1)c1ncccn1. The van der Waals surface area contributed by atoms with Gasteiger partial charge in [-0.25, -0.2) is 29.6 Å². The van der Waals surface area contributed by atoms with Crippen LogP contribution in [-0.4, -0.2) is 69.4 Å². The normalized spacial score (nSPS) is 18.8. The van der Waals surface area contributed by atoms with Gasteiger partial charge >= 0.3 is 0 Å². The molecular formula is C22H22N10O2. The molecule has 0 saturated carbocycles. The van der Waals surface area contributed by atoms with Crippen molar-refractivity contribution in [3.63, 3.8) is 0 Å². The smallest absolute Gasteiger partial charge is 0.260 e. The zero-order valence-electron chi connectivity index (χ0n) is 18.6. The summed E-state index contributed by atoms with van der Waals surface area (Å²) < 4.78 is 1.43. The summed E-state index contributed by atoms with van der Waals surface area (Å²) >= 11 is 0. The van der Waals surface area contributed by atoms with Gasteiger partial charge in [-0.2, -0.15) is 0 Å². The number of hydrogen-bond donors (Lipinski definition) is 2. The Morgan fingerprint density at radius 3 is 2.62 bits per heavy atom. The lowest BCUT2D eigenvalue weighted by atomic mass is 9.99. The maximum atomic E-state index is 12.4. The van der Waals surface area contributed by atoms with Crippen LogP contribution in [0.1, 0.15) is 30.9 Å². The van der Waals surface area contributed by atoms with Gasteiger partial charge in [-0.05, 0) is 31.2 Å². The van der Waals surface area contributed by atoms with Crippen LogP contribution in [-0.2, 0) is 10.4 Å². The van der Waals surface area contributed by atoms with Crippen molar-refractivity contribution >= 4 is 11.9 Å². The molecule has 34 heavy (non-hydrogen) atoms. The molecule has 2 atom stereocenters. The van der Waals surface area contributed by atoms with Crippen LogP contribution in [0.25, 0.3) is 17.2 Å². The summed E-state index contributed by atoms with van der Waals surface area (Å²) in [6, 6.07) is 8.72. The van der Waals surface area contributed by atoms with E-state index < -0.39 is 11.5 Å². The van der Waals surface area contributed by atoms with Crippen LogP contribution in [0.2, 0.25) is 0 Å². The fourth-order valence-electron chi connectivity index (χ4n) is 3.71. The van der Waals surface area contributed by atoms with Crippen LogP contribution in [0.5, 0.6) is 0 Å². The zero-order chi connectivity index (χ0) is 23.7. The third-order valence-electron chi connectivity index (χ3n) is 5.63. The number of amides is 1. The lowest BCUT2D eigenvalue weighted by molar-refractivity contribution is -0.143. The molecule has 1 aliphatic heterocycles. The van der Waals surface area contributed by atoms with E-state index in [1.807, 2.05) is 19.1 Å². The Hall–Kier alpha value is -4.32. The summed E-state index contributed by atoms with van der Waals surface area (Å²) in [4.78, 5) is 35.8. The number of nitrogens with zero attached hydrogens (tertiary/aromatic N) is 9. The fraction of sp³-hybridized carbons (Fsp3) is 0.273. The van der Waals surface area contributed by atoms with Gasteiger partial charge in [-0.1, -0.05) is 11.3 Å². The molecule has 2 unspecified atom stereocenters. The van der Waals surface area contributed by atoms with E-state index in [1.165, 1.54) is 15.8 Å². The summed E-state index contributed by atoms with van der Waals surface area (Å²) in [5, 5.41) is 22.1. The predicted octanol–water partition coefficient (Wildman–Crippen LogP) is 1.13. The molecule has 1 amide bonds. The average molecular weight is 458 g/mol. The third kappa shape index (κ3) is 3.94. The molecule has 1 saturated heterocycles. The van der Waals surface area contributed by atoms with E-state index in [9.17, 15) is 9.90 Å². The molecular weight excluding hydrogens is 436 g/mol. The van der Waals surface area contributed by atoms with E-state index in [0.29, 0.717) is 35.5 Å². The minimum Gasteiger partial charge on any atom is -0.374 e. The molecule has 1 fully saturated rings. The number of hydrogen-bond acceptors (Lipinski definition) is 10. The molecule has 0 bridgehead atoms. The van der Waals surface area contributed by atoms with Crippen LogP contribution < -0.4 is 5.32 Å². The van der Waals surface area contributed by atoms with Crippen LogP contribution in [0.15, 0.2) is 55.1 Å². The monoisotopic (exact) mass is 458 g/mol. The van der Waals surface area contributed by atoms with Crippen LogP contribution in [0.3, 0.4) is 0 Å². The van der Waals surface area contributed by atoms with Crippen molar-refractivity contribution in [3.8, 4) is 17.2 Å². The van der Waals surface area contributed by atoms with Crippen LogP contribution in [0.4, 0.5) is 5.95 Å². The number of likely N-dealkylation sites (N-methyl/N-ethyl adjacent to an activating group) is 1. The average Bonchev–Trinajstić information content (AvgIpc) is 3.47. The number of carbonyl (C=O) groups is 1. The number of nitrogens with one attached hydrogen (secondary N) is 1. The molecule has 172 valence electrons. The predicted molar refractivity (Wildman–Crippen MR) is 120 cm³/mol. The van der Waals surface area contributed by atoms with Gasteiger partial charge in [-0.3, -0.25) is 4.79 Å². The summed E-state index contributed by atoms with van der Waals surface area (Å²) in [6.45, 7) is 2.38. The highest BCUT2D eigenvalue weighted by molar-refractivity contribution is 5.87. The van der Waals surface area contributed by atoms with Crippen molar-refractivity contribution in [3.05, 3.63) is 66.6 Å². The third-order valence-corrected chi connectivity index (χ3v) is 5.63. The van der Waals surface area contributed by atoms with Crippen molar-refractivity contribution in [2.45, 2.75) is 25.0 Å². The molecule has 0 aliphatic carbocycles. The van der Waals surface area contributed by atoms with Crippen molar-refractivity contribution in [2.75, 3.05) is 18.9 Å². The molecule has 5 heterocycles. The lowest BCUT2D eigenvalue weighted by Crippen LogP contribution is -2.36. The number of aromatic nitrogens is 8. The van der Waals surface area contributed by atoms with Gasteiger partial charge in [-0.15, -0.1) is 5.10 Å². The highest BCUT2D eigenvalue weighted by atomic mass is 16.3. The zero-order valence-corrected chi connectivity index (χ0v) is 18.6. The Labute approximate surface area is 194 Å². The largest absolute Gasteiger partial charge is 0.374 e. The second-order valence-electron chi connectivity index (χ2n) is 8.00. The van der Waals surface area contributed by atoms with Crippen molar-refractivity contribution in [1.82, 2.24) is 44.8 Å². The first-order valence-corrected chi connectivity index (χ1v) is 10.7. The Morgan fingerprint density at radius 2 is 1.85 bits per heavy atom. The van der Waals surface area contributed by atoms with Crippen molar-refractivity contribution < 1.29 is 9.90 Å². The first-order valence-electron chi connectivity index (χ1n) is 10.7. The van der Waals surface area contributed by atoms with Gasteiger partial charge in [0.1, 0.15) is 11.5 Å². The van der Waals surface area contributed by atoms with E-state index in [-0.39, 0.29) is 18.2 Å². The quantitative estimate of drug-likeness (QED) is 0.431.